The van der Waals surface area contributed by atoms with Crippen molar-refractivity contribution in [1.82, 2.24) is 5.32 Å². The molecule has 3 rings (SSSR count). The molecule has 3 amide bonds. The normalized spacial score (nSPS) is 12.4. The second-order valence-electron chi connectivity index (χ2n) is 5.00. The maximum atomic E-state index is 12.7. The Hall–Kier alpha value is -3.35. The predicted octanol–water partition coefficient (Wildman–Crippen LogP) is 1.84. The Labute approximate surface area is 137 Å². The van der Waals surface area contributed by atoms with Gasteiger partial charge in [0.1, 0.15) is 17.1 Å². The minimum absolute atomic E-state index is 0.143. The maximum Gasteiger partial charge on any atom is 0.263 e. The molecule has 0 saturated heterocycles. The van der Waals surface area contributed by atoms with E-state index in [1.165, 1.54) is 20.3 Å². The zero-order valence-corrected chi connectivity index (χ0v) is 13.0. The van der Waals surface area contributed by atoms with Crippen LogP contribution in [0.4, 0.5) is 5.69 Å². The highest BCUT2D eigenvalue weighted by Gasteiger charge is 2.30. The lowest BCUT2D eigenvalue weighted by molar-refractivity contribution is 0.0879. The summed E-state index contributed by atoms with van der Waals surface area (Å²) in [6.45, 7) is 0. The monoisotopic (exact) mass is 326 g/mol. The Bertz CT molecular complexity index is 838. The molecule has 0 spiro atoms. The number of hydrogen-bond donors (Lipinski definition) is 2. The number of ether oxygens (including phenoxy) is 2. The van der Waals surface area contributed by atoms with Gasteiger partial charge in [-0.3, -0.25) is 19.7 Å². The summed E-state index contributed by atoms with van der Waals surface area (Å²) >= 11 is 0. The molecule has 0 bridgehead atoms. The summed E-state index contributed by atoms with van der Waals surface area (Å²) in [5.74, 6) is -0.872. The lowest BCUT2D eigenvalue weighted by atomic mass is 10.1. The fourth-order valence-corrected chi connectivity index (χ4v) is 2.58. The average molecular weight is 326 g/mol. The lowest BCUT2D eigenvalue weighted by Gasteiger charge is -2.14. The van der Waals surface area contributed by atoms with Crippen LogP contribution < -0.4 is 20.1 Å². The van der Waals surface area contributed by atoms with E-state index in [1.807, 2.05) is 0 Å². The quantitative estimate of drug-likeness (QED) is 0.836. The molecule has 0 atom stereocenters. The van der Waals surface area contributed by atoms with Gasteiger partial charge >= 0.3 is 0 Å². The first-order chi connectivity index (χ1) is 11.6. The largest absolute Gasteiger partial charge is 0.496 e. The van der Waals surface area contributed by atoms with Gasteiger partial charge in [-0.25, -0.2) is 0 Å². The molecule has 24 heavy (non-hydrogen) atoms. The average Bonchev–Trinajstić information content (AvgIpc) is 2.89. The Kier molecular flexibility index (Phi) is 3.91. The van der Waals surface area contributed by atoms with E-state index < -0.39 is 17.7 Å². The highest BCUT2D eigenvalue weighted by molar-refractivity contribution is 6.25. The number of carbonyl (C=O) groups excluding carboxylic acids is 3. The standard InChI is InChI=1S/C17H14N2O5/c1-23-11-7-4-8-12(24-2)14(11)17(22)18-10-6-3-5-9-13(10)16(21)19-15(9)20/h3-8H,1-2H3,(H,18,22)(H,19,20,21). The topological polar surface area (TPSA) is 93.7 Å². The number of benzene rings is 2. The van der Waals surface area contributed by atoms with Gasteiger partial charge in [0.15, 0.2) is 0 Å². The first-order valence-corrected chi connectivity index (χ1v) is 7.08. The molecular weight excluding hydrogens is 312 g/mol. The van der Waals surface area contributed by atoms with Crippen LogP contribution in [0.1, 0.15) is 31.1 Å². The summed E-state index contributed by atoms with van der Waals surface area (Å²) in [5.41, 5.74) is 0.813. The zero-order valence-electron chi connectivity index (χ0n) is 13.0. The molecule has 0 aromatic heterocycles. The van der Waals surface area contributed by atoms with Crippen LogP contribution in [0.15, 0.2) is 36.4 Å². The Morgan fingerprint density at radius 3 is 2.21 bits per heavy atom. The van der Waals surface area contributed by atoms with Crippen LogP contribution in [-0.4, -0.2) is 31.9 Å². The highest BCUT2D eigenvalue weighted by Crippen LogP contribution is 2.30. The third-order valence-corrected chi connectivity index (χ3v) is 3.67. The van der Waals surface area contributed by atoms with Crippen molar-refractivity contribution in [2.24, 2.45) is 0 Å². The number of nitrogens with one attached hydrogen (secondary N) is 2. The summed E-state index contributed by atoms with van der Waals surface area (Å²) in [6, 6.07) is 9.62. The summed E-state index contributed by atoms with van der Waals surface area (Å²) < 4.78 is 10.4. The molecule has 7 nitrogen and oxygen atoms in total. The van der Waals surface area contributed by atoms with Crippen molar-refractivity contribution in [2.45, 2.75) is 0 Å². The molecule has 2 aromatic rings. The molecule has 0 radical (unpaired) electrons. The molecule has 1 heterocycles. The van der Waals surface area contributed by atoms with Gasteiger partial charge < -0.3 is 14.8 Å². The van der Waals surface area contributed by atoms with Gasteiger partial charge in [-0.05, 0) is 24.3 Å². The maximum absolute atomic E-state index is 12.7. The molecule has 0 saturated carbocycles. The number of amides is 3. The smallest absolute Gasteiger partial charge is 0.263 e. The van der Waals surface area contributed by atoms with Crippen molar-refractivity contribution in [2.75, 3.05) is 19.5 Å². The fraction of sp³-hybridized carbons (Fsp3) is 0.118. The van der Waals surface area contributed by atoms with Crippen LogP contribution in [0.3, 0.4) is 0 Å². The first kappa shape index (κ1) is 15.5. The minimum atomic E-state index is -0.544. The van der Waals surface area contributed by atoms with Gasteiger partial charge in [0, 0.05) is 0 Å². The van der Waals surface area contributed by atoms with Gasteiger partial charge in [-0.1, -0.05) is 12.1 Å². The number of hydrogen-bond acceptors (Lipinski definition) is 5. The van der Waals surface area contributed by atoms with Crippen LogP contribution >= 0.6 is 0 Å². The second kappa shape index (κ2) is 6.04. The van der Waals surface area contributed by atoms with Crippen molar-refractivity contribution in [3.8, 4) is 11.5 Å². The van der Waals surface area contributed by atoms with Crippen molar-refractivity contribution < 1.29 is 23.9 Å². The van der Waals surface area contributed by atoms with Gasteiger partial charge in [0.25, 0.3) is 17.7 Å². The molecule has 7 heteroatoms. The van der Waals surface area contributed by atoms with Crippen molar-refractivity contribution in [3.63, 3.8) is 0 Å². The number of carbonyl (C=O) groups is 3. The molecule has 1 aliphatic heterocycles. The fourth-order valence-electron chi connectivity index (χ4n) is 2.58. The number of fused-ring (bicyclic) bond motifs is 1. The van der Waals surface area contributed by atoms with E-state index in [0.29, 0.717) is 11.5 Å². The van der Waals surface area contributed by atoms with E-state index in [0.717, 1.165) is 0 Å². The Balaban J connectivity index is 2.01. The summed E-state index contributed by atoms with van der Waals surface area (Å²) in [4.78, 5) is 36.3. The number of methoxy groups -OCH3 is 2. The third kappa shape index (κ3) is 2.45. The number of rotatable bonds is 4. The second-order valence-corrected chi connectivity index (χ2v) is 5.00. The van der Waals surface area contributed by atoms with Crippen LogP contribution in [0.5, 0.6) is 11.5 Å². The molecule has 2 N–H and O–H groups in total. The highest BCUT2D eigenvalue weighted by atomic mass is 16.5. The summed E-state index contributed by atoms with van der Waals surface area (Å²) in [7, 11) is 2.88. The van der Waals surface area contributed by atoms with Crippen molar-refractivity contribution in [3.05, 3.63) is 53.1 Å². The van der Waals surface area contributed by atoms with Crippen molar-refractivity contribution >= 4 is 23.4 Å². The van der Waals surface area contributed by atoms with E-state index in [1.54, 1.807) is 30.3 Å². The van der Waals surface area contributed by atoms with E-state index in [2.05, 4.69) is 10.6 Å². The molecule has 0 aliphatic carbocycles. The first-order valence-electron chi connectivity index (χ1n) is 7.08. The molecule has 1 aliphatic rings. The van der Waals surface area contributed by atoms with Gasteiger partial charge in [-0.2, -0.15) is 0 Å². The van der Waals surface area contributed by atoms with Gasteiger partial charge in [0.2, 0.25) is 0 Å². The van der Waals surface area contributed by atoms with E-state index >= 15 is 0 Å². The molecule has 0 fully saturated rings. The van der Waals surface area contributed by atoms with Gasteiger partial charge in [-0.15, -0.1) is 0 Å². The van der Waals surface area contributed by atoms with E-state index in [9.17, 15) is 14.4 Å². The molecular formula is C17H14N2O5. The van der Waals surface area contributed by atoms with Crippen molar-refractivity contribution in [1.29, 1.82) is 0 Å². The van der Waals surface area contributed by atoms with Crippen LogP contribution in [0, 0.1) is 0 Å². The van der Waals surface area contributed by atoms with E-state index in [-0.39, 0.29) is 22.4 Å². The van der Waals surface area contributed by atoms with Crippen LogP contribution in [-0.2, 0) is 0 Å². The molecule has 2 aromatic carbocycles. The van der Waals surface area contributed by atoms with E-state index in [4.69, 9.17) is 9.47 Å². The van der Waals surface area contributed by atoms with Crippen LogP contribution in [0.2, 0.25) is 0 Å². The minimum Gasteiger partial charge on any atom is -0.496 e. The lowest BCUT2D eigenvalue weighted by Crippen LogP contribution is -2.21. The number of imide groups is 1. The predicted molar refractivity (Wildman–Crippen MR) is 85.7 cm³/mol. The SMILES string of the molecule is COc1cccc(OC)c1C(=O)Nc1cccc2c1C(=O)NC2=O. The Morgan fingerprint density at radius 1 is 0.958 bits per heavy atom. The summed E-state index contributed by atoms with van der Waals surface area (Å²) in [6.07, 6.45) is 0. The molecule has 122 valence electrons. The molecule has 0 unspecified atom stereocenters. The third-order valence-electron chi connectivity index (χ3n) is 3.67. The zero-order chi connectivity index (χ0) is 17.3. The number of anilines is 1. The van der Waals surface area contributed by atoms with Gasteiger partial charge in [0.05, 0.1) is 31.0 Å². The Morgan fingerprint density at radius 2 is 1.58 bits per heavy atom. The summed E-state index contributed by atoms with van der Waals surface area (Å²) in [5, 5.41) is 4.85. The van der Waals surface area contributed by atoms with Crippen LogP contribution in [0.25, 0.3) is 0 Å².